The Kier molecular flexibility index (Phi) is 5.23. The molecular formula is C20H20ClN3O4S. The van der Waals surface area contributed by atoms with Crippen LogP contribution in [0.15, 0.2) is 36.4 Å². The normalized spacial score (nSPS) is 20.4. The lowest BCUT2D eigenvalue weighted by atomic mass is 9.84. The zero-order valence-corrected chi connectivity index (χ0v) is 17.4. The van der Waals surface area contributed by atoms with Crippen LogP contribution in [-0.4, -0.2) is 47.3 Å². The van der Waals surface area contributed by atoms with Gasteiger partial charge in [-0.1, -0.05) is 29.8 Å². The molecule has 2 aliphatic heterocycles. The Balaban J connectivity index is 1.53. The van der Waals surface area contributed by atoms with E-state index in [1.807, 2.05) is 19.1 Å². The number of nitrogens with zero attached hydrogens (tertiary/aromatic N) is 2. The van der Waals surface area contributed by atoms with Crippen LogP contribution < -0.4 is 10.1 Å². The second kappa shape index (κ2) is 7.68. The summed E-state index contributed by atoms with van der Waals surface area (Å²) in [7, 11) is 0. The van der Waals surface area contributed by atoms with Gasteiger partial charge in [0.15, 0.2) is 5.54 Å². The molecule has 152 valence electrons. The van der Waals surface area contributed by atoms with E-state index in [1.54, 1.807) is 29.2 Å². The molecule has 29 heavy (non-hydrogen) atoms. The minimum atomic E-state index is -1.18. The average Bonchev–Trinajstić information content (AvgIpc) is 3.23. The molecule has 1 fully saturated rings. The Morgan fingerprint density at radius 3 is 2.83 bits per heavy atom. The highest BCUT2D eigenvalue weighted by molar-refractivity contribution is 7.16. The lowest BCUT2D eigenvalue weighted by Gasteiger charge is -2.33. The van der Waals surface area contributed by atoms with Gasteiger partial charge in [-0.05, 0) is 25.1 Å². The van der Waals surface area contributed by atoms with Crippen molar-refractivity contribution in [1.82, 2.24) is 15.1 Å². The smallest absolute Gasteiger partial charge is 0.325 e. The summed E-state index contributed by atoms with van der Waals surface area (Å²) in [6.45, 7) is 2.71. The molecule has 2 aromatic rings. The third-order valence-corrected chi connectivity index (χ3v) is 6.48. The first-order valence-corrected chi connectivity index (χ1v) is 10.5. The number of likely N-dealkylation sites (N-methyl/N-ethyl adjacent to an activating group) is 1. The van der Waals surface area contributed by atoms with Crippen molar-refractivity contribution in [2.45, 2.75) is 25.4 Å². The highest BCUT2D eigenvalue weighted by Crippen LogP contribution is 2.40. The first-order valence-electron chi connectivity index (χ1n) is 9.33. The first kappa shape index (κ1) is 19.7. The molecule has 9 heteroatoms. The topological polar surface area (TPSA) is 79.0 Å². The highest BCUT2D eigenvalue weighted by Gasteiger charge is 2.55. The Morgan fingerprint density at radius 2 is 2.10 bits per heavy atom. The molecule has 1 spiro atoms. The predicted molar refractivity (Wildman–Crippen MR) is 109 cm³/mol. The molecule has 1 aromatic carbocycles. The third-order valence-electron chi connectivity index (χ3n) is 5.26. The van der Waals surface area contributed by atoms with Gasteiger partial charge in [0.1, 0.15) is 12.3 Å². The van der Waals surface area contributed by atoms with Gasteiger partial charge >= 0.3 is 6.03 Å². The molecule has 1 saturated heterocycles. The second-order valence-corrected chi connectivity index (χ2v) is 8.73. The summed E-state index contributed by atoms with van der Waals surface area (Å²) < 4.78 is 6.28. The Bertz CT molecular complexity index is 978. The minimum Gasteiger partial charge on any atom is -0.493 e. The lowest BCUT2D eigenvalue weighted by Crippen LogP contribution is -2.48. The second-order valence-electron chi connectivity index (χ2n) is 6.94. The zero-order valence-electron chi connectivity index (χ0n) is 15.8. The van der Waals surface area contributed by atoms with Crippen molar-refractivity contribution >= 4 is 40.8 Å². The van der Waals surface area contributed by atoms with E-state index in [2.05, 4.69) is 5.32 Å². The number of thiophene rings is 1. The number of benzene rings is 1. The lowest BCUT2D eigenvalue weighted by molar-refractivity contribution is -0.139. The van der Waals surface area contributed by atoms with Crippen molar-refractivity contribution in [2.75, 3.05) is 19.7 Å². The van der Waals surface area contributed by atoms with Crippen molar-refractivity contribution in [1.29, 1.82) is 0 Å². The molecule has 0 aliphatic carbocycles. The van der Waals surface area contributed by atoms with E-state index in [0.717, 1.165) is 9.78 Å². The summed E-state index contributed by atoms with van der Waals surface area (Å²) in [5.74, 6) is -0.134. The van der Waals surface area contributed by atoms with Gasteiger partial charge in [0, 0.05) is 23.4 Å². The van der Waals surface area contributed by atoms with E-state index in [-0.39, 0.29) is 12.5 Å². The number of carbonyl (C=O) groups is 3. The fourth-order valence-electron chi connectivity index (χ4n) is 3.75. The zero-order chi connectivity index (χ0) is 20.6. The van der Waals surface area contributed by atoms with Gasteiger partial charge in [-0.3, -0.25) is 14.5 Å². The fraction of sp³-hybridized carbons (Fsp3) is 0.350. The van der Waals surface area contributed by atoms with Crippen molar-refractivity contribution < 1.29 is 19.1 Å². The van der Waals surface area contributed by atoms with Crippen LogP contribution in [0.25, 0.3) is 0 Å². The van der Waals surface area contributed by atoms with Crippen LogP contribution in [0.2, 0.25) is 4.34 Å². The van der Waals surface area contributed by atoms with Gasteiger partial charge in [-0.2, -0.15) is 0 Å². The number of fused-ring (bicyclic) bond motifs is 2. The predicted octanol–water partition coefficient (Wildman–Crippen LogP) is 2.98. The number of hydrogen-bond acceptors (Lipinski definition) is 5. The summed E-state index contributed by atoms with van der Waals surface area (Å²) in [4.78, 5) is 42.3. The van der Waals surface area contributed by atoms with E-state index >= 15 is 0 Å². The highest BCUT2D eigenvalue weighted by atomic mass is 35.5. The van der Waals surface area contributed by atoms with Gasteiger partial charge in [-0.25, -0.2) is 4.79 Å². The van der Waals surface area contributed by atoms with E-state index in [1.165, 1.54) is 11.3 Å². The van der Waals surface area contributed by atoms with E-state index in [4.69, 9.17) is 16.3 Å². The van der Waals surface area contributed by atoms with Gasteiger partial charge < -0.3 is 15.0 Å². The molecule has 4 amide bonds. The monoisotopic (exact) mass is 433 g/mol. The third kappa shape index (κ3) is 3.47. The molecule has 0 bridgehead atoms. The number of imide groups is 1. The van der Waals surface area contributed by atoms with Gasteiger partial charge in [0.25, 0.3) is 5.91 Å². The van der Waals surface area contributed by atoms with Crippen LogP contribution in [0.1, 0.15) is 23.8 Å². The van der Waals surface area contributed by atoms with E-state index < -0.39 is 17.5 Å². The Hall–Kier alpha value is -2.58. The Morgan fingerprint density at radius 1 is 1.31 bits per heavy atom. The van der Waals surface area contributed by atoms with Gasteiger partial charge in [-0.15, -0.1) is 11.3 Å². The summed E-state index contributed by atoms with van der Waals surface area (Å²) in [6.07, 6.45) is 0.324. The maximum Gasteiger partial charge on any atom is 0.325 e. The quantitative estimate of drug-likeness (QED) is 0.735. The number of rotatable bonds is 5. The molecule has 0 radical (unpaired) electrons. The van der Waals surface area contributed by atoms with Crippen molar-refractivity contribution in [2.24, 2.45) is 0 Å². The van der Waals surface area contributed by atoms with E-state index in [9.17, 15) is 14.4 Å². The van der Waals surface area contributed by atoms with Crippen molar-refractivity contribution in [3.63, 3.8) is 0 Å². The molecular weight excluding hydrogens is 414 g/mol. The molecule has 4 rings (SSSR count). The maximum atomic E-state index is 13.3. The van der Waals surface area contributed by atoms with Gasteiger partial charge in [0.2, 0.25) is 5.91 Å². The first-order chi connectivity index (χ1) is 13.9. The van der Waals surface area contributed by atoms with E-state index in [0.29, 0.717) is 41.8 Å². The molecule has 1 atom stereocenters. The number of para-hydroxylation sites is 1. The van der Waals surface area contributed by atoms with Crippen LogP contribution in [0.5, 0.6) is 5.75 Å². The van der Waals surface area contributed by atoms with Crippen molar-refractivity contribution in [3.05, 3.63) is 51.2 Å². The number of carbonyl (C=O) groups excluding carboxylic acids is 3. The summed E-state index contributed by atoms with van der Waals surface area (Å²) in [6, 6.07) is 10.2. The number of halogens is 1. The average molecular weight is 434 g/mol. The molecule has 7 nitrogen and oxygen atoms in total. The molecule has 0 saturated carbocycles. The number of ether oxygens (including phenoxy) is 1. The van der Waals surface area contributed by atoms with Crippen LogP contribution in [-0.2, 0) is 21.7 Å². The fourth-order valence-corrected chi connectivity index (χ4v) is 4.86. The Labute approximate surface area is 177 Å². The summed E-state index contributed by atoms with van der Waals surface area (Å²) >= 11 is 7.37. The van der Waals surface area contributed by atoms with Crippen molar-refractivity contribution in [3.8, 4) is 5.75 Å². The number of amides is 4. The SMILES string of the molecule is CCN(Cc1ccc(Cl)s1)C(=O)CN1C(=O)N[C@@]2(CCOc3ccccc32)C1=O. The van der Waals surface area contributed by atoms with Gasteiger partial charge in [0.05, 0.1) is 17.5 Å². The standard InChI is InChI=1S/C20H20ClN3O4S/c1-2-23(11-13-7-8-16(21)29-13)17(25)12-24-18(26)20(22-19(24)27)9-10-28-15-6-4-3-5-14(15)20/h3-8H,2,9-12H2,1H3,(H,22,27)/t20-/m1/s1. The van der Waals surface area contributed by atoms with Crippen LogP contribution >= 0.6 is 22.9 Å². The number of hydrogen-bond donors (Lipinski definition) is 1. The molecule has 1 N–H and O–H groups in total. The minimum absolute atomic E-state index is 0.294. The summed E-state index contributed by atoms with van der Waals surface area (Å²) in [5, 5.41) is 2.81. The summed E-state index contributed by atoms with van der Waals surface area (Å²) in [5.41, 5.74) is -0.551. The molecule has 2 aliphatic rings. The van der Waals surface area contributed by atoms with Crippen LogP contribution in [0, 0.1) is 0 Å². The number of urea groups is 1. The van der Waals surface area contributed by atoms with Crippen LogP contribution in [0.4, 0.5) is 4.79 Å². The molecule has 0 unspecified atom stereocenters. The molecule has 3 heterocycles. The maximum absolute atomic E-state index is 13.3. The number of nitrogens with one attached hydrogen (secondary N) is 1. The molecule has 1 aromatic heterocycles. The largest absolute Gasteiger partial charge is 0.493 e. The van der Waals surface area contributed by atoms with Crippen LogP contribution in [0.3, 0.4) is 0 Å².